The summed E-state index contributed by atoms with van der Waals surface area (Å²) in [4.78, 5) is 131. The first kappa shape index (κ1) is 80.7. The van der Waals surface area contributed by atoms with Crippen LogP contribution in [0.2, 0.25) is 0 Å². The van der Waals surface area contributed by atoms with E-state index in [4.69, 9.17) is 24.3 Å². The maximum absolute atomic E-state index is 13.6. The van der Waals surface area contributed by atoms with Gasteiger partial charge < -0.3 is 66.7 Å². The number of esters is 2. The van der Waals surface area contributed by atoms with Gasteiger partial charge in [-0.05, 0) is 52.4 Å². The number of carbonyl (C=O) groups is 9. The Bertz CT molecular complexity index is 2140. The summed E-state index contributed by atoms with van der Waals surface area (Å²) >= 11 is 4.05. The number of thiol groups is 1. The number of carbonyl (C=O) groups excluding carboxylic acids is 9. The van der Waals surface area contributed by atoms with Crippen LogP contribution >= 0.6 is 20.5 Å². The van der Waals surface area contributed by atoms with E-state index in [0.717, 1.165) is 44.9 Å². The predicted molar refractivity (Wildman–Crippen MR) is 341 cm³/mol. The maximum atomic E-state index is 13.6. The number of likely N-dealkylation sites (tertiary alicyclic amines) is 2. The summed E-state index contributed by atoms with van der Waals surface area (Å²) in [7, 11) is -4.82. The van der Waals surface area contributed by atoms with E-state index in [-0.39, 0.29) is 44.6 Å². The Balaban J connectivity index is 1.85. The second kappa shape index (κ2) is 48.3. The van der Waals surface area contributed by atoms with Crippen molar-refractivity contribution in [2.75, 3.05) is 58.4 Å². The predicted octanol–water partition coefficient (Wildman–Crippen LogP) is 5.86. The van der Waals surface area contributed by atoms with E-state index in [0.29, 0.717) is 32.1 Å². The van der Waals surface area contributed by atoms with Crippen molar-refractivity contribution in [2.24, 2.45) is 5.73 Å². The second-order valence-electron chi connectivity index (χ2n) is 23.8. The molecule has 1 unspecified atom stereocenters. The number of nitrogens with two attached hydrogens (primary N) is 1. The number of nitrogens with one attached hydrogen (secondary N) is 5. The summed E-state index contributed by atoms with van der Waals surface area (Å²) in [5, 5.41) is 32.2. The fourth-order valence-corrected chi connectivity index (χ4v) is 11.6. The number of aliphatic hydroxyl groups excluding tert-OH is 2. The van der Waals surface area contributed by atoms with E-state index in [1.54, 1.807) is 0 Å². The first-order chi connectivity index (χ1) is 42.7. The molecule has 7 amide bonds. The lowest BCUT2D eigenvalue weighted by Gasteiger charge is -2.29. The fraction of sp³-hybridized carbons (Fsp3) is 0.855. The average Bonchev–Trinajstić information content (AvgIpc) is 2.40. The number of ether oxygens (including phenoxy) is 2. The third kappa shape index (κ3) is 34.7. The van der Waals surface area contributed by atoms with Crippen molar-refractivity contribution in [1.82, 2.24) is 36.4 Å². The highest BCUT2D eigenvalue weighted by Gasteiger charge is 2.40. The zero-order valence-electron chi connectivity index (χ0n) is 54.0. The van der Waals surface area contributed by atoms with Crippen LogP contribution in [-0.2, 0) is 66.2 Å². The monoisotopic (exact) mass is 1300 g/mol. The number of nitrogens with zero attached hydrogens (tertiary/aromatic N) is 2. The summed E-state index contributed by atoms with van der Waals surface area (Å²) in [6, 6.07) is -8.57. The van der Waals surface area contributed by atoms with Crippen molar-refractivity contribution < 1.29 is 81.3 Å². The topological polar surface area (TPSA) is 361 Å². The summed E-state index contributed by atoms with van der Waals surface area (Å²) in [6.07, 6.45) is 30.2. The van der Waals surface area contributed by atoms with Crippen molar-refractivity contribution in [3.63, 3.8) is 0 Å². The van der Waals surface area contributed by atoms with Crippen molar-refractivity contribution >= 4 is 73.7 Å². The molecule has 0 spiro atoms. The molecule has 0 saturated carbocycles. The van der Waals surface area contributed by atoms with Crippen LogP contribution in [0.1, 0.15) is 233 Å². The molecule has 2 aliphatic heterocycles. The SMILES string of the molecule is CCCCCCCCCCCCCCCC(=O)OC[C@H](COP(=O)(O)OCCNC(=O)[C@H](C)NC(=O)[C@H](CO)NC(=O)[C@@H]1CCCN1C(=O)[C@H](C)NC(=O)[C@H](CO)NC(=O)[C@@H]1CCCN1C(=O)[C@@H](N)CS)OC(=O)CCCCCCCCCCCCCCC. The Morgan fingerprint density at radius 2 is 0.955 bits per heavy atom. The summed E-state index contributed by atoms with van der Waals surface area (Å²) in [5.74, 6) is -6.31. The van der Waals surface area contributed by atoms with E-state index in [1.807, 2.05) is 0 Å². The largest absolute Gasteiger partial charge is 0.472 e. The highest BCUT2D eigenvalue weighted by Crippen LogP contribution is 2.43. The Kier molecular flexibility index (Phi) is 43.8. The highest BCUT2D eigenvalue weighted by atomic mass is 32.1. The average molecular weight is 1310 g/mol. The molecule has 27 heteroatoms. The maximum Gasteiger partial charge on any atom is 0.472 e. The molecule has 10 N–H and O–H groups in total. The fourth-order valence-electron chi connectivity index (χ4n) is 10.7. The van der Waals surface area contributed by atoms with E-state index >= 15 is 0 Å². The van der Waals surface area contributed by atoms with Crippen LogP contribution in [0.25, 0.3) is 0 Å². The lowest BCUT2D eigenvalue weighted by atomic mass is 10.0. The third-order valence-corrected chi connectivity index (χ3v) is 17.5. The van der Waals surface area contributed by atoms with Crippen LogP contribution in [0, 0.1) is 0 Å². The molecule has 2 fully saturated rings. The quantitative estimate of drug-likeness (QED) is 0.0148. The lowest BCUT2D eigenvalue weighted by Crippen LogP contribution is -2.60. The molecule has 9 atom stereocenters. The minimum Gasteiger partial charge on any atom is -0.462 e. The molecule has 25 nitrogen and oxygen atoms in total. The molecule has 2 rings (SSSR count). The van der Waals surface area contributed by atoms with Gasteiger partial charge in [-0.25, -0.2) is 4.57 Å². The molecular weight excluding hydrogens is 1190 g/mol. The zero-order chi connectivity index (χ0) is 65.8. The van der Waals surface area contributed by atoms with Gasteiger partial charge in [-0.1, -0.05) is 168 Å². The number of hydrogen-bond acceptors (Lipinski definition) is 18. The van der Waals surface area contributed by atoms with E-state index in [1.165, 1.54) is 133 Å². The van der Waals surface area contributed by atoms with E-state index in [9.17, 15) is 62.8 Å². The third-order valence-electron chi connectivity index (χ3n) is 16.1. The number of phosphoric ester groups is 1. The minimum atomic E-state index is -4.82. The van der Waals surface area contributed by atoms with Crippen molar-refractivity contribution in [3.05, 3.63) is 0 Å². The molecule has 0 aliphatic carbocycles. The summed E-state index contributed by atoms with van der Waals surface area (Å²) in [6.45, 7) is 3.81. The van der Waals surface area contributed by atoms with Gasteiger partial charge in [-0.15, -0.1) is 0 Å². The van der Waals surface area contributed by atoms with Crippen LogP contribution in [0.5, 0.6) is 0 Å². The molecule has 0 aromatic heterocycles. The van der Waals surface area contributed by atoms with Gasteiger partial charge in [0.2, 0.25) is 41.4 Å². The van der Waals surface area contributed by atoms with Gasteiger partial charge in [0.25, 0.3) is 0 Å². The first-order valence-corrected chi connectivity index (χ1v) is 35.5. The molecular formula is C62H113N8O17PS. The standard InChI is InChI=1S/C62H113N8O17PS/c1-5-7-9-11-13-15-17-19-21-23-25-27-29-35-54(73)84-43-48(87-55(74)36-30-28-26-24-22-20-18-16-14-12-10-8-6-2)44-86-88(82,83)85-40-37-64-56(75)46(3)65-57(76)50(41-71)67-59(78)52-33-31-38-69(52)61(80)47(4)66-58(77)51(42-72)68-60(79)53-34-32-39-70(53)62(81)49(63)45-89/h46-53,71-72,89H,5-45,63H2,1-4H3,(H,64,75)(H,65,76)(H,66,77)(H,67,78)(H,68,79)(H,82,83)/t46-,47-,48+,49-,50-,51-,52-,53-/m0/s1. The molecule has 0 aromatic carbocycles. The van der Waals surface area contributed by atoms with E-state index in [2.05, 4.69) is 53.1 Å². The van der Waals surface area contributed by atoms with Crippen LogP contribution in [0.15, 0.2) is 0 Å². The lowest BCUT2D eigenvalue weighted by molar-refractivity contribution is -0.161. The Morgan fingerprint density at radius 1 is 0.551 bits per heavy atom. The van der Waals surface area contributed by atoms with Crippen LogP contribution < -0.4 is 32.3 Å². The summed E-state index contributed by atoms with van der Waals surface area (Å²) in [5.41, 5.74) is 5.83. The number of hydrogen-bond donors (Lipinski definition) is 10. The van der Waals surface area contributed by atoms with Crippen molar-refractivity contribution in [1.29, 1.82) is 0 Å². The van der Waals surface area contributed by atoms with Crippen LogP contribution in [0.3, 0.4) is 0 Å². The van der Waals surface area contributed by atoms with E-state index < -0.39 is 143 Å². The molecule has 0 aromatic rings. The van der Waals surface area contributed by atoms with Gasteiger partial charge in [0.15, 0.2) is 6.10 Å². The number of unbranched alkanes of at least 4 members (excludes halogenated alkanes) is 24. The Morgan fingerprint density at radius 3 is 1.38 bits per heavy atom. The molecule has 2 aliphatic rings. The number of aliphatic hydroxyl groups is 2. The second-order valence-corrected chi connectivity index (χ2v) is 25.6. The zero-order valence-corrected chi connectivity index (χ0v) is 55.8. The van der Waals surface area contributed by atoms with Crippen molar-refractivity contribution in [3.8, 4) is 0 Å². The number of phosphoric acid groups is 1. The summed E-state index contributed by atoms with van der Waals surface area (Å²) < 4.78 is 34.2. The van der Waals surface area contributed by atoms with Gasteiger partial charge in [0.1, 0.15) is 42.9 Å². The highest BCUT2D eigenvalue weighted by molar-refractivity contribution is 7.80. The molecule has 2 saturated heterocycles. The molecule has 0 bridgehead atoms. The molecule has 0 radical (unpaired) electrons. The molecule has 89 heavy (non-hydrogen) atoms. The molecule has 2 heterocycles. The first-order valence-electron chi connectivity index (χ1n) is 33.4. The van der Waals surface area contributed by atoms with Gasteiger partial charge in [0, 0.05) is 38.2 Å². The smallest absolute Gasteiger partial charge is 0.462 e. The number of rotatable bonds is 52. The van der Waals surface area contributed by atoms with Crippen LogP contribution in [-0.4, -0.2) is 185 Å². The molecule has 514 valence electrons. The Hall–Kier alpha value is -4.43. The Labute approximate surface area is 535 Å². The van der Waals surface area contributed by atoms with Gasteiger partial charge in [0.05, 0.1) is 32.5 Å². The van der Waals surface area contributed by atoms with Crippen molar-refractivity contribution in [2.45, 2.75) is 282 Å². The van der Waals surface area contributed by atoms with Gasteiger partial charge in [-0.3, -0.25) is 52.2 Å². The number of amides is 7. The van der Waals surface area contributed by atoms with Crippen LogP contribution in [0.4, 0.5) is 0 Å². The minimum absolute atomic E-state index is 0.0568. The normalized spacial score (nSPS) is 17.5. The van der Waals surface area contributed by atoms with Gasteiger partial charge >= 0.3 is 19.8 Å². The van der Waals surface area contributed by atoms with Gasteiger partial charge in [-0.2, -0.15) is 12.6 Å².